The number of hydrogen-bond donors (Lipinski definition) is 2. The Morgan fingerprint density at radius 1 is 1.23 bits per heavy atom. The predicted molar refractivity (Wildman–Crippen MR) is 99.6 cm³/mol. The Kier molecular flexibility index (Phi) is 4.53. The third-order valence-electron chi connectivity index (χ3n) is 4.15. The van der Waals surface area contributed by atoms with Gasteiger partial charge >= 0.3 is 0 Å². The monoisotopic (exact) mass is 388 g/mol. The molecule has 132 valence electrons. The summed E-state index contributed by atoms with van der Waals surface area (Å²) in [5.41, 5.74) is 1.63. The van der Waals surface area contributed by atoms with Crippen LogP contribution in [-0.2, 0) is 11.2 Å². The van der Waals surface area contributed by atoms with E-state index < -0.39 is 0 Å². The SMILES string of the molecule is O=C(Nc1n[nH]c(-c2ccccc2Cl)n1)C1COc2ccc(Cl)cc2C1. The molecule has 6 nitrogen and oxygen atoms in total. The van der Waals surface area contributed by atoms with Gasteiger partial charge in [0, 0.05) is 10.6 Å². The van der Waals surface area contributed by atoms with Gasteiger partial charge in [-0.25, -0.2) is 0 Å². The number of nitrogens with zero attached hydrogens (tertiary/aromatic N) is 2. The predicted octanol–water partition coefficient (Wildman–Crippen LogP) is 3.97. The van der Waals surface area contributed by atoms with Crippen LogP contribution in [-0.4, -0.2) is 27.7 Å². The van der Waals surface area contributed by atoms with Crippen LogP contribution in [0, 0.1) is 5.92 Å². The fourth-order valence-electron chi connectivity index (χ4n) is 2.84. The molecule has 0 fully saturated rings. The molecule has 1 aromatic heterocycles. The number of amides is 1. The molecule has 26 heavy (non-hydrogen) atoms. The molecule has 0 aliphatic carbocycles. The Morgan fingerprint density at radius 3 is 2.92 bits per heavy atom. The van der Waals surface area contributed by atoms with Crippen molar-refractivity contribution in [1.82, 2.24) is 15.2 Å². The van der Waals surface area contributed by atoms with Gasteiger partial charge in [-0.2, -0.15) is 4.98 Å². The quantitative estimate of drug-likeness (QED) is 0.711. The van der Waals surface area contributed by atoms with E-state index in [4.69, 9.17) is 27.9 Å². The summed E-state index contributed by atoms with van der Waals surface area (Å²) in [5, 5.41) is 10.7. The van der Waals surface area contributed by atoms with Crippen LogP contribution in [0.25, 0.3) is 11.4 Å². The summed E-state index contributed by atoms with van der Waals surface area (Å²) in [6.45, 7) is 0.294. The number of hydrogen-bond acceptors (Lipinski definition) is 4. The van der Waals surface area contributed by atoms with Crippen molar-refractivity contribution in [2.45, 2.75) is 6.42 Å². The van der Waals surface area contributed by atoms with Gasteiger partial charge in [-0.1, -0.05) is 35.3 Å². The smallest absolute Gasteiger partial charge is 0.249 e. The third-order valence-corrected chi connectivity index (χ3v) is 4.71. The Morgan fingerprint density at radius 2 is 2.08 bits per heavy atom. The molecular weight excluding hydrogens is 375 g/mol. The molecule has 8 heteroatoms. The number of rotatable bonds is 3. The standard InChI is InChI=1S/C18H14Cl2N4O2/c19-12-5-6-15-10(8-12)7-11(9-26-15)17(25)22-18-21-16(23-24-18)13-3-1-2-4-14(13)20/h1-6,8,11H,7,9H2,(H2,21,22,23,24,25). The van der Waals surface area contributed by atoms with Crippen LogP contribution >= 0.6 is 23.2 Å². The molecule has 2 heterocycles. The number of halogens is 2. The molecule has 1 aliphatic heterocycles. The molecule has 2 N–H and O–H groups in total. The first-order valence-corrected chi connectivity index (χ1v) is 8.75. The second-order valence-electron chi connectivity index (χ2n) is 5.94. The van der Waals surface area contributed by atoms with E-state index in [2.05, 4.69) is 20.5 Å². The molecule has 0 bridgehead atoms. The maximum absolute atomic E-state index is 12.5. The second kappa shape index (κ2) is 6.97. The van der Waals surface area contributed by atoms with Crippen LogP contribution < -0.4 is 10.1 Å². The van der Waals surface area contributed by atoms with Gasteiger partial charge in [0.15, 0.2) is 5.82 Å². The van der Waals surface area contributed by atoms with Crippen molar-refractivity contribution in [3.8, 4) is 17.1 Å². The highest BCUT2D eigenvalue weighted by atomic mass is 35.5. The number of aromatic nitrogens is 3. The summed E-state index contributed by atoms with van der Waals surface area (Å²) in [7, 11) is 0. The van der Waals surface area contributed by atoms with E-state index in [1.807, 2.05) is 30.3 Å². The zero-order chi connectivity index (χ0) is 18.1. The summed E-state index contributed by atoms with van der Waals surface area (Å²) in [6.07, 6.45) is 0.545. The molecular formula is C18H14Cl2N4O2. The van der Waals surface area contributed by atoms with Crippen molar-refractivity contribution in [3.05, 3.63) is 58.1 Å². The van der Waals surface area contributed by atoms with Crippen LogP contribution in [0.3, 0.4) is 0 Å². The maximum Gasteiger partial charge on any atom is 0.249 e. The Balaban J connectivity index is 1.47. The van der Waals surface area contributed by atoms with E-state index >= 15 is 0 Å². The van der Waals surface area contributed by atoms with Crippen molar-refractivity contribution in [2.75, 3.05) is 11.9 Å². The number of anilines is 1. The fraction of sp³-hybridized carbons (Fsp3) is 0.167. The highest BCUT2D eigenvalue weighted by Crippen LogP contribution is 2.30. The lowest BCUT2D eigenvalue weighted by molar-refractivity contribution is -0.121. The molecule has 0 saturated heterocycles. The number of carbonyl (C=O) groups is 1. The van der Waals surface area contributed by atoms with Crippen LogP contribution in [0.1, 0.15) is 5.56 Å². The van der Waals surface area contributed by atoms with Gasteiger partial charge in [-0.3, -0.25) is 15.2 Å². The van der Waals surface area contributed by atoms with Gasteiger partial charge in [0.1, 0.15) is 12.4 Å². The molecule has 1 unspecified atom stereocenters. The number of H-pyrrole nitrogens is 1. The van der Waals surface area contributed by atoms with Crippen molar-refractivity contribution in [3.63, 3.8) is 0 Å². The van der Waals surface area contributed by atoms with E-state index in [1.165, 1.54) is 0 Å². The first-order chi connectivity index (χ1) is 12.6. The highest BCUT2D eigenvalue weighted by Gasteiger charge is 2.27. The van der Waals surface area contributed by atoms with Crippen LogP contribution in [0.4, 0.5) is 5.95 Å². The second-order valence-corrected chi connectivity index (χ2v) is 6.78. The molecule has 1 atom stereocenters. The Bertz CT molecular complexity index is 973. The first kappa shape index (κ1) is 16.9. The van der Waals surface area contributed by atoms with E-state index in [-0.39, 0.29) is 17.8 Å². The van der Waals surface area contributed by atoms with Crippen molar-refractivity contribution >= 4 is 35.1 Å². The molecule has 0 radical (unpaired) electrons. The van der Waals surface area contributed by atoms with Gasteiger partial charge < -0.3 is 4.74 Å². The lowest BCUT2D eigenvalue weighted by Gasteiger charge is -2.24. The van der Waals surface area contributed by atoms with Crippen molar-refractivity contribution in [1.29, 1.82) is 0 Å². The number of nitrogens with one attached hydrogen (secondary N) is 2. The highest BCUT2D eigenvalue weighted by molar-refractivity contribution is 6.33. The van der Waals surface area contributed by atoms with Gasteiger partial charge in [0.05, 0.1) is 10.9 Å². The van der Waals surface area contributed by atoms with E-state index in [9.17, 15) is 4.79 Å². The topological polar surface area (TPSA) is 79.9 Å². The van der Waals surface area contributed by atoms with Gasteiger partial charge in [-0.05, 0) is 42.3 Å². The van der Waals surface area contributed by atoms with Crippen LogP contribution in [0.2, 0.25) is 10.0 Å². The molecule has 0 spiro atoms. The molecule has 3 aromatic rings. The summed E-state index contributed by atoms with van der Waals surface area (Å²) in [4.78, 5) is 16.8. The average Bonchev–Trinajstić information content (AvgIpc) is 3.09. The first-order valence-electron chi connectivity index (χ1n) is 7.99. The van der Waals surface area contributed by atoms with Crippen LogP contribution in [0.15, 0.2) is 42.5 Å². The summed E-state index contributed by atoms with van der Waals surface area (Å²) in [6, 6.07) is 12.7. The fourth-order valence-corrected chi connectivity index (χ4v) is 3.26. The van der Waals surface area contributed by atoms with Gasteiger partial charge in [0.25, 0.3) is 0 Å². The lowest BCUT2D eigenvalue weighted by Crippen LogP contribution is -2.32. The van der Waals surface area contributed by atoms with E-state index in [1.54, 1.807) is 12.1 Å². The zero-order valence-corrected chi connectivity index (χ0v) is 15.0. The van der Waals surface area contributed by atoms with Crippen LogP contribution in [0.5, 0.6) is 5.75 Å². The maximum atomic E-state index is 12.5. The zero-order valence-electron chi connectivity index (χ0n) is 13.5. The Hall–Kier alpha value is -2.57. The molecule has 0 saturated carbocycles. The minimum atomic E-state index is -0.344. The van der Waals surface area contributed by atoms with E-state index in [0.29, 0.717) is 34.5 Å². The normalized spacial score (nSPS) is 15.8. The summed E-state index contributed by atoms with van der Waals surface area (Å²) < 4.78 is 5.65. The molecule has 4 rings (SSSR count). The molecule has 2 aromatic carbocycles. The van der Waals surface area contributed by atoms with Gasteiger partial charge in [-0.15, -0.1) is 5.10 Å². The van der Waals surface area contributed by atoms with E-state index in [0.717, 1.165) is 11.3 Å². The third kappa shape index (κ3) is 3.38. The number of aromatic amines is 1. The lowest BCUT2D eigenvalue weighted by atomic mass is 9.96. The minimum absolute atomic E-state index is 0.196. The number of benzene rings is 2. The summed E-state index contributed by atoms with van der Waals surface area (Å²) in [5.74, 6) is 0.894. The average molecular weight is 389 g/mol. The number of fused-ring (bicyclic) bond motifs is 1. The summed E-state index contributed by atoms with van der Waals surface area (Å²) >= 11 is 12.2. The number of ether oxygens (including phenoxy) is 1. The van der Waals surface area contributed by atoms with Crippen molar-refractivity contribution in [2.24, 2.45) is 5.92 Å². The molecule has 1 aliphatic rings. The number of carbonyl (C=O) groups excluding carboxylic acids is 1. The minimum Gasteiger partial charge on any atom is -0.492 e. The van der Waals surface area contributed by atoms with Gasteiger partial charge in [0.2, 0.25) is 11.9 Å². The largest absolute Gasteiger partial charge is 0.492 e. The molecule has 1 amide bonds. The Labute approximate surface area is 159 Å². The van der Waals surface area contributed by atoms with Crippen molar-refractivity contribution < 1.29 is 9.53 Å².